The summed E-state index contributed by atoms with van der Waals surface area (Å²) in [6.07, 6.45) is 4.49. The number of unbranched alkanes of at least 4 members (excludes halogenated alkanes) is 1. The molecule has 1 N–H and O–H groups in total. The average molecular weight is 443 g/mol. The van der Waals surface area contributed by atoms with Gasteiger partial charge in [0.05, 0.1) is 0 Å². The van der Waals surface area contributed by atoms with Gasteiger partial charge < -0.3 is 10.2 Å². The summed E-state index contributed by atoms with van der Waals surface area (Å²) in [6.45, 7) is 7.11. The van der Waals surface area contributed by atoms with E-state index in [-0.39, 0.29) is 11.8 Å². The SMILES string of the molecule is CCCCNC(=O)[C@H](CC)N(Cc1ccccc1Cl)C(=O)CCc1ccc(CC)cc1. The maximum atomic E-state index is 13.3. The predicted molar refractivity (Wildman–Crippen MR) is 128 cm³/mol. The zero-order valence-electron chi connectivity index (χ0n) is 19.0. The molecule has 0 spiro atoms. The van der Waals surface area contributed by atoms with Crippen LogP contribution in [0, 0.1) is 0 Å². The smallest absolute Gasteiger partial charge is 0.242 e. The summed E-state index contributed by atoms with van der Waals surface area (Å²) in [6, 6.07) is 15.4. The molecule has 0 aromatic heterocycles. The molecule has 0 aliphatic rings. The molecule has 4 nitrogen and oxygen atoms in total. The summed E-state index contributed by atoms with van der Waals surface area (Å²) in [5.74, 6) is -0.124. The number of nitrogens with zero attached hydrogens (tertiary/aromatic N) is 1. The number of halogens is 1. The molecule has 31 heavy (non-hydrogen) atoms. The minimum Gasteiger partial charge on any atom is -0.354 e. The molecule has 1 atom stereocenters. The van der Waals surface area contributed by atoms with E-state index in [9.17, 15) is 9.59 Å². The highest BCUT2D eigenvalue weighted by Gasteiger charge is 2.28. The first-order chi connectivity index (χ1) is 15.0. The second-order valence-electron chi connectivity index (χ2n) is 7.85. The predicted octanol–water partition coefficient (Wildman–Crippen LogP) is 5.56. The maximum Gasteiger partial charge on any atom is 0.242 e. The quantitative estimate of drug-likeness (QED) is 0.437. The number of carbonyl (C=O) groups is 2. The molecule has 0 saturated heterocycles. The molecule has 0 aliphatic carbocycles. The number of hydrogen-bond donors (Lipinski definition) is 1. The van der Waals surface area contributed by atoms with Crippen LogP contribution in [0.3, 0.4) is 0 Å². The number of carbonyl (C=O) groups excluding carboxylic acids is 2. The van der Waals surface area contributed by atoms with Gasteiger partial charge in [-0.25, -0.2) is 0 Å². The van der Waals surface area contributed by atoms with Crippen molar-refractivity contribution in [2.75, 3.05) is 6.54 Å². The lowest BCUT2D eigenvalue weighted by atomic mass is 10.0. The number of nitrogens with one attached hydrogen (secondary N) is 1. The maximum absolute atomic E-state index is 13.3. The second kappa shape index (κ2) is 13.2. The molecule has 2 aromatic carbocycles. The fraction of sp³-hybridized carbons (Fsp3) is 0.462. The molecule has 2 amide bonds. The number of aryl methyl sites for hydroxylation is 2. The van der Waals surface area contributed by atoms with Crippen molar-refractivity contribution in [2.45, 2.75) is 71.9 Å². The van der Waals surface area contributed by atoms with E-state index in [1.165, 1.54) is 5.56 Å². The van der Waals surface area contributed by atoms with Gasteiger partial charge in [-0.3, -0.25) is 9.59 Å². The summed E-state index contributed by atoms with van der Waals surface area (Å²) >= 11 is 6.37. The van der Waals surface area contributed by atoms with E-state index in [1.54, 1.807) is 4.90 Å². The summed E-state index contributed by atoms with van der Waals surface area (Å²) in [5.41, 5.74) is 3.26. The Morgan fingerprint density at radius 2 is 1.68 bits per heavy atom. The first-order valence-electron chi connectivity index (χ1n) is 11.4. The highest BCUT2D eigenvalue weighted by molar-refractivity contribution is 6.31. The normalized spacial score (nSPS) is 11.7. The van der Waals surface area contributed by atoms with E-state index in [0.29, 0.717) is 37.4 Å². The molecular weight excluding hydrogens is 408 g/mol. The lowest BCUT2D eigenvalue weighted by molar-refractivity contribution is -0.141. The summed E-state index contributed by atoms with van der Waals surface area (Å²) in [4.78, 5) is 27.9. The van der Waals surface area contributed by atoms with Crippen LogP contribution < -0.4 is 5.32 Å². The van der Waals surface area contributed by atoms with Crippen molar-refractivity contribution in [3.63, 3.8) is 0 Å². The third-order valence-electron chi connectivity index (χ3n) is 5.57. The highest BCUT2D eigenvalue weighted by Crippen LogP contribution is 2.21. The Morgan fingerprint density at radius 3 is 2.29 bits per heavy atom. The first kappa shape index (κ1) is 24.9. The van der Waals surface area contributed by atoms with Crippen LogP contribution in [0.15, 0.2) is 48.5 Å². The van der Waals surface area contributed by atoms with Crippen LogP contribution in [0.2, 0.25) is 5.02 Å². The van der Waals surface area contributed by atoms with Gasteiger partial charge in [-0.05, 0) is 48.4 Å². The number of benzene rings is 2. The molecule has 2 aromatic rings. The average Bonchev–Trinajstić information content (AvgIpc) is 2.79. The molecule has 2 rings (SSSR count). The van der Waals surface area contributed by atoms with Crippen molar-refractivity contribution in [1.82, 2.24) is 10.2 Å². The third-order valence-corrected chi connectivity index (χ3v) is 5.94. The van der Waals surface area contributed by atoms with Crippen LogP contribution in [-0.2, 0) is 29.0 Å². The van der Waals surface area contributed by atoms with E-state index in [2.05, 4.69) is 43.4 Å². The molecule has 0 unspecified atom stereocenters. The van der Waals surface area contributed by atoms with Gasteiger partial charge >= 0.3 is 0 Å². The van der Waals surface area contributed by atoms with Crippen molar-refractivity contribution in [1.29, 1.82) is 0 Å². The van der Waals surface area contributed by atoms with Crippen LogP contribution in [0.4, 0.5) is 0 Å². The Hall–Kier alpha value is -2.33. The van der Waals surface area contributed by atoms with Gasteiger partial charge in [-0.2, -0.15) is 0 Å². The molecule has 0 bridgehead atoms. The van der Waals surface area contributed by atoms with Crippen LogP contribution in [0.1, 0.15) is 63.1 Å². The zero-order chi connectivity index (χ0) is 22.6. The van der Waals surface area contributed by atoms with Crippen LogP contribution in [0.5, 0.6) is 0 Å². The van der Waals surface area contributed by atoms with Gasteiger partial charge in [0, 0.05) is 24.5 Å². The Balaban J connectivity index is 2.16. The first-order valence-corrected chi connectivity index (χ1v) is 11.8. The largest absolute Gasteiger partial charge is 0.354 e. The number of hydrogen-bond acceptors (Lipinski definition) is 2. The van der Waals surface area contributed by atoms with E-state index in [4.69, 9.17) is 11.6 Å². The van der Waals surface area contributed by atoms with Crippen molar-refractivity contribution in [2.24, 2.45) is 0 Å². The molecule has 5 heteroatoms. The van der Waals surface area contributed by atoms with Crippen molar-refractivity contribution in [3.05, 3.63) is 70.2 Å². The van der Waals surface area contributed by atoms with Gasteiger partial charge in [0.25, 0.3) is 0 Å². The summed E-state index contributed by atoms with van der Waals surface area (Å²) in [7, 11) is 0. The highest BCUT2D eigenvalue weighted by atomic mass is 35.5. The fourth-order valence-corrected chi connectivity index (χ4v) is 3.77. The van der Waals surface area contributed by atoms with Crippen molar-refractivity contribution < 1.29 is 9.59 Å². The Bertz CT molecular complexity index is 836. The van der Waals surface area contributed by atoms with Crippen molar-refractivity contribution >= 4 is 23.4 Å². The third kappa shape index (κ3) is 7.70. The molecular formula is C26H35ClN2O2. The molecule has 0 radical (unpaired) electrons. The molecule has 168 valence electrons. The Kier molecular flexibility index (Phi) is 10.6. The molecule has 0 saturated carbocycles. The zero-order valence-corrected chi connectivity index (χ0v) is 19.8. The van der Waals surface area contributed by atoms with Gasteiger partial charge in [-0.15, -0.1) is 0 Å². The molecule has 0 heterocycles. The van der Waals surface area contributed by atoms with E-state index < -0.39 is 6.04 Å². The monoisotopic (exact) mass is 442 g/mol. The van der Waals surface area contributed by atoms with Crippen LogP contribution >= 0.6 is 11.6 Å². The van der Waals surface area contributed by atoms with Gasteiger partial charge in [0.1, 0.15) is 6.04 Å². The standard InChI is InChI=1S/C26H35ClN2O2/c1-4-7-18-28-26(31)24(6-3)29(19-22-10-8-9-11-23(22)27)25(30)17-16-21-14-12-20(5-2)13-15-21/h8-15,24H,4-7,16-19H2,1-3H3,(H,28,31)/t24-/m0/s1. The van der Waals surface area contributed by atoms with Gasteiger partial charge in [0.15, 0.2) is 0 Å². The van der Waals surface area contributed by atoms with Crippen LogP contribution in [-0.4, -0.2) is 29.3 Å². The second-order valence-corrected chi connectivity index (χ2v) is 8.26. The van der Waals surface area contributed by atoms with E-state index in [1.807, 2.05) is 31.2 Å². The van der Waals surface area contributed by atoms with E-state index in [0.717, 1.165) is 30.4 Å². The fourth-order valence-electron chi connectivity index (χ4n) is 3.57. The minimum absolute atomic E-state index is 0.0306. The Morgan fingerprint density at radius 1 is 1.00 bits per heavy atom. The number of amides is 2. The van der Waals surface area contributed by atoms with Crippen molar-refractivity contribution in [3.8, 4) is 0 Å². The lowest BCUT2D eigenvalue weighted by Gasteiger charge is -2.31. The van der Waals surface area contributed by atoms with Gasteiger partial charge in [-0.1, -0.05) is 81.3 Å². The topological polar surface area (TPSA) is 49.4 Å². The lowest BCUT2D eigenvalue weighted by Crippen LogP contribution is -2.49. The van der Waals surface area contributed by atoms with Gasteiger partial charge in [0.2, 0.25) is 11.8 Å². The Labute approximate surface area is 192 Å². The number of rotatable bonds is 12. The van der Waals surface area contributed by atoms with E-state index >= 15 is 0 Å². The van der Waals surface area contributed by atoms with Crippen LogP contribution in [0.25, 0.3) is 0 Å². The minimum atomic E-state index is -0.511. The molecule has 0 fully saturated rings. The summed E-state index contributed by atoms with van der Waals surface area (Å²) in [5, 5.41) is 3.60. The molecule has 0 aliphatic heterocycles. The summed E-state index contributed by atoms with van der Waals surface area (Å²) < 4.78 is 0.